The van der Waals surface area contributed by atoms with Crippen molar-refractivity contribution < 1.29 is 9.50 Å². The van der Waals surface area contributed by atoms with Crippen LogP contribution in [-0.2, 0) is 6.61 Å². The molecule has 0 fully saturated rings. The highest BCUT2D eigenvalue weighted by Gasteiger charge is 2.01. The van der Waals surface area contributed by atoms with Crippen molar-refractivity contribution in [3.63, 3.8) is 0 Å². The van der Waals surface area contributed by atoms with E-state index >= 15 is 0 Å². The summed E-state index contributed by atoms with van der Waals surface area (Å²) in [7, 11) is 0. The molecule has 58 valence electrons. The number of nitrogens with zero attached hydrogens (tertiary/aromatic N) is 1. The molecule has 1 N–H and O–H groups in total. The summed E-state index contributed by atoms with van der Waals surface area (Å²) >= 11 is 0. The Morgan fingerprint density at radius 1 is 1.55 bits per heavy atom. The largest absolute Gasteiger partial charge is 0.392 e. The minimum atomic E-state index is -0.607. The molecular formula is C7H6FNO2. The number of aliphatic hydroxyl groups is 1. The Bertz CT molecular complexity index is 275. The molecule has 1 aromatic rings. The van der Waals surface area contributed by atoms with E-state index in [1.165, 1.54) is 12.1 Å². The Labute approximate surface area is 62.5 Å². The molecule has 0 saturated carbocycles. The van der Waals surface area contributed by atoms with E-state index in [1.54, 1.807) is 0 Å². The molecule has 1 rings (SSSR count). The molecule has 0 aliphatic carbocycles. The van der Waals surface area contributed by atoms with Gasteiger partial charge in [-0.3, -0.25) is 0 Å². The topological polar surface area (TPSA) is 49.7 Å². The minimum Gasteiger partial charge on any atom is -0.392 e. The van der Waals surface area contributed by atoms with Crippen molar-refractivity contribution in [3.8, 4) is 0 Å². The van der Waals surface area contributed by atoms with Crippen molar-refractivity contribution in [1.29, 1.82) is 0 Å². The first-order valence-corrected chi connectivity index (χ1v) is 3.00. The summed E-state index contributed by atoms with van der Waals surface area (Å²) in [6.07, 6.45) is 0. The predicted molar refractivity (Wildman–Crippen MR) is 37.8 cm³/mol. The van der Waals surface area contributed by atoms with Crippen LogP contribution in [-0.4, -0.2) is 5.11 Å². The molecule has 1 aromatic carbocycles. The van der Waals surface area contributed by atoms with Crippen LogP contribution in [0.25, 0.3) is 0 Å². The standard InChI is InChI=1S/C7H6FNO2/c8-7-3-6(9-11)2-1-5(7)4-10/h1-3,10H,4H2. The van der Waals surface area contributed by atoms with Gasteiger partial charge in [-0.05, 0) is 11.2 Å². The molecule has 11 heavy (non-hydrogen) atoms. The maximum Gasteiger partial charge on any atom is 0.130 e. The lowest BCUT2D eigenvalue weighted by molar-refractivity contribution is 0.276. The van der Waals surface area contributed by atoms with Gasteiger partial charge in [0, 0.05) is 11.6 Å². The van der Waals surface area contributed by atoms with Crippen molar-refractivity contribution in [2.75, 3.05) is 0 Å². The van der Waals surface area contributed by atoms with E-state index in [2.05, 4.69) is 5.18 Å². The molecule has 0 unspecified atom stereocenters. The van der Waals surface area contributed by atoms with E-state index in [1.807, 2.05) is 0 Å². The van der Waals surface area contributed by atoms with Crippen molar-refractivity contribution >= 4 is 5.69 Å². The van der Waals surface area contributed by atoms with E-state index in [9.17, 15) is 9.30 Å². The van der Waals surface area contributed by atoms with Gasteiger partial charge >= 0.3 is 0 Å². The number of aliphatic hydroxyl groups excluding tert-OH is 1. The third kappa shape index (κ3) is 1.59. The molecule has 4 heteroatoms. The summed E-state index contributed by atoms with van der Waals surface area (Å²) in [5.74, 6) is -0.607. The second kappa shape index (κ2) is 3.21. The molecule has 3 nitrogen and oxygen atoms in total. The zero-order valence-electron chi connectivity index (χ0n) is 5.62. The van der Waals surface area contributed by atoms with Crippen molar-refractivity contribution in [1.82, 2.24) is 0 Å². The van der Waals surface area contributed by atoms with Crippen LogP contribution in [0.4, 0.5) is 10.1 Å². The van der Waals surface area contributed by atoms with Crippen LogP contribution < -0.4 is 0 Å². The number of halogens is 1. The molecule has 0 saturated heterocycles. The van der Waals surface area contributed by atoms with Gasteiger partial charge in [0.05, 0.1) is 6.61 Å². The molecule has 0 aromatic heterocycles. The zero-order chi connectivity index (χ0) is 8.27. The van der Waals surface area contributed by atoms with Gasteiger partial charge in [-0.25, -0.2) is 4.39 Å². The van der Waals surface area contributed by atoms with Gasteiger partial charge in [0.2, 0.25) is 0 Å². The summed E-state index contributed by atoms with van der Waals surface area (Å²) in [5.41, 5.74) is 0.192. The van der Waals surface area contributed by atoms with Crippen LogP contribution >= 0.6 is 0 Å². The molecule has 0 spiro atoms. The smallest absolute Gasteiger partial charge is 0.130 e. The number of hydrogen-bond acceptors (Lipinski definition) is 3. The van der Waals surface area contributed by atoms with Gasteiger partial charge in [0.1, 0.15) is 11.5 Å². The highest BCUT2D eigenvalue weighted by atomic mass is 19.1. The minimum absolute atomic E-state index is 0.0275. The predicted octanol–water partition coefficient (Wildman–Crippen LogP) is 1.72. The third-order valence-electron chi connectivity index (χ3n) is 1.31. The van der Waals surface area contributed by atoms with E-state index in [-0.39, 0.29) is 17.9 Å². The van der Waals surface area contributed by atoms with E-state index in [0.717, 1.165) is 6.07 Å². The van der Waals surface area contributed by atoms with Crippen LogP contribution in [0.3, 0.4) is 0 Å². The van der Waals surface area contributed by atoms with Gasteiger partial charge < -0.3 is 5.11 Å². The monoisotopic (exact) mass is 155 g/mol. The Kier molecular flexibility index (Phi) is 2.28. The van der Waals surface area contributed by atoms with E-state index in [4.69, 9.17) is 5.11 Å². The number of hydrogen-bond donors (Lipinski definition) is 1. The second-order valence-electron chi connectivity index (χ2n) is 2.03. The van der Waals surface area contributed by atoms with E-state index in [0.29, 0.717) is 0 Å². The summed E-state index contributed by atoms with van der Waals surface area (Å²) in [5, 5.41) is 11.1. The maximum absolute atomic E-state index is 12.7. The summed E-state index contributed by atoms with van der Waals surface area (Å²) < 4.78 is 12.7. The fraction of sp³-hybridized carbons (Fsp3) is 0.143. The Morgan fingerprint density at radius 3 is 2.73 bits per heavy atom. The fourth-order valence-corrected chi connectivity index (χ4v) is 0.721. The SMILES string of the molecule is O=Nc1ccc(CO)c(F)c1. The van der Waals surface area contributed by atoms with E-state index < -0.39 is 5.82 Å². The number of rotatable bonds is 2. The molecule has 0 aliphatic heterocycles. The first-order valence-electron chi connectivity index (χ1n) is 3.00. The van der Waals surface area contributed by atoms with Gasteiger partial charge in [-0.1, -0.05) is 6.07 Å². The van der Waals surface area contributed by atoms with Gasteiger partial charge in [0.25, 0.3) is 0 Å². The number of benzene rings is 1. The van der Waals surface area contributed by atoms with Gasteiger partial charge in [-0.2, -0.15) is 0 Å². The number of nitroso groups, excluding NO2 is 1. The van der Waals surface area contributed by atoms with Crippen LogP contribution in [0.15, 0.2) is 23.4 Å². The highest BCUT2D eigenvalue weighted by molar-refractivity contribution is 5.39. The van der Waals surface area contributed by atoms with Crippen molar-refractivity contribution in [3.05, 3.63) is 34.5 Å². The molecule has 0 heterocycles. The molecule has 0 atom stereocenters. The molecule has 0 radical (unpaired) electrons. The lowest BCUT2D eigenvalue weighted by Crippen LogP contribution is -1.87. The third-order valence-corrected chi connectivity index (χ3v) is 1.31. The van der Waals surface area contributed by atoms with Crippen LogP contribution in [0, 0.1) is 10.7 Å². The van der Waals surface area contributed by atoms with Crippen molar-refractivity contribution in [2.45, 2.75) is 6.61 Å². The highest BCUT2D eigenvalue weighted by Crippen LogP contribution is 2.16. The first kappa shape index (κ1) is 7.81. The zero-order valence-corrected chi connectivity index (χ0v) is 5.62. The summed E-state index contributed by atoms with van der Waals surface area (Å²) in [4.78, 5) is 9.88. The average Bonchev–Trinajstić information content (AvgIpc) is 2.04. The first-order chi connectivity index (χ1) is 5.27. The fourth-order valence-electron chi connectivity index (χ4n) is 0.721. The molecule has 0 aliphatic rings. The Morgan fingerprint density at radius 2 is 2.27 bits per heavy atom. The summed E-state index contributed by atoms with van der Waals surface area (Å²) in [6, 6.07) is 3.66. The second-order valence-corrected chi connectivity index (χ2v) is 2.03. The lowest BCUT2D eigenvalue weighted by Gasteiger charge is -1.96. The van der Waals surface area contributed by atoms with Crippen LogP contribution in [0.5, 0.6) is 0 Å². The van der Waals surface area contributed by atoms with Crippen LogP contribution in [0.1, 0.15) is 5.56 Å². The van der Waals surface area contributed by atoms with Gasteiger partial charge in [0.15, 0.2) is 0 Å². The normalized spacial score (nSPS) is 9.64. The quantitative estimate of drug-likeness (QED) is 0.661. The molecule has 0 amide bonds. The molecule has 0 bridgehead atoms. The van der Waals surface area contributed by atoms with Gasteiger partial charge in [-0.15, -0.1) is 4.91 Å². The maximum atomic E-state index is 12.7. The average molecular weight is 155 g/mol. The van der Waals surface area contributed by atoms with Crippen molar-refractivity contribution in [2.24, 2.45) is 5.18 Å². The Hall–Kier alpha value is -1.29. The lowest BCUT2D eigenvalue weighted by atomic mass is 10.2. The molecular weight excluding hydrogens is 149 g/mol. The Balaban J connectivity index is 3.09. The summed E-state index contributed by atoms with van der Waals surface area (Å²) in [6.45, 7) is -0.370. The van der Waals surface area contributed by atoms with Crippen LogP contribution in [0.2, 0.25) is 0 Å².